The van der Waals surface area contributed by atoms with Gasteiger partial charge in [0, 0.05) is 30.6 Å². The van der Waals surface area contributed by atoms with Gasteiger partial charge in [0.25, 0.3) is 5.91 Å². The molecular weight excluding hydrogens is 372 g/mol. The van der Waals surface area contributed by atoms with Crippen molar-refractivity contribution in [2.24, 2.45) is 0 Å². The molecule has 1 amide bonds. The second-order valence-electron chi connectivity index (χ2n) is 8.04. The van der Waals surface area contributed by atoms with Crippen molar-refractivity contribution < 1.29 is 18.8 Å². The number of fused-ring (bicyclic) bond motifs is 2. The molecule has 148 valence electrons. The standard InChI is InChI=1S/C21H20N4O4/c26-20-21(28-19-4-2-17(25(19)20)16-11-22-5-6-23-16)8-15(9-21)27-12-13-1-3-18-14(7-13)10-24-29-18/h1,3,5-7,10-11,15,17,19H,2,4,8-9,12H2/t15?,17-,19+,21?/m0/s1. The number of nitrogens with zero attached hydrogens (tertiary/aromatic N) is 4. The fourth-order valence-corrected chi connectivity index (χ4v) is 4.78. The van der Waals surface area contributed by atoms with Crippen LogP contribution < -0.4 is 0 Å². The quantitative estimate of drug-likeness (QED) is 0.674. The van der Waals surface area contributed by atoms with Gasteiger partial charge in [0.1, 0.15) is 6.23 Å². The summed E-state index contributed by atoms with van der Waals surface area (Å²) in [5.41, 5.74) is 1.93. The van der Waals surface area contributed by atoms with Crippen LogP contribution >= 0.6 is 0 Å². The summed E-state index contributed by atoms with van der Waals surface area (Å²) in [4.78, 5) is 23.6. The van der Waals surface area contributed by atoms with Gasteiger partial charge in [-0.2, -0.15) is 0 Å². The van der Waals surface area contributed by atoms with Gasteiger partial charge in [0.2, 0.25) is 0 Å². The van der Waals surface area contributed by atoms with Crippen LogP contribution in [0.3, 0.4) is 0 Å². The Morgan fingerprint density at radius 3 is 3.00 bits per heavy atom. The van der Waals surface area contributed by atoms with Crippen molar-refractivity contribution in [1.82, 2.24) is 20.0 Å². The number of carbonyl (C=O) groups is 1. The fourth-order valence-electron chi connectivity index (χ4n) is 4.78. The Morgan fingerprint density at radius 1 is 1.21 bits per heavy atom. The average molecular weight is 392 g/mol. The van der Waals surface area contributed by atoms with Crippen LogP contribution in [0.1, 0.15) is 43.0 Å². The van der Waals surface area contributed by atoms with Crippen LogP contribution in [0.2, 0.25) is 0 Å². The Balaban J connectivity index is 1.11. The molecule has 8 nitrogen and oxygen atoms in total. The molecule has 1 spiro atoms. The van der Waals surface area contributed by atoms with E-state index >= 15 is 0 Å². The van der Waals surface area contributed by atoms with Crippen LogP contribution in [0.4, 0.5) is 0 Å². The van der Waals surface area contributed by atoms with E-state index in [0.717, 1.165) is 35.1 Å². The van der Waals surface area contributed by atoms with Gasteiger partial charge in [0.15, 0.2) is 11.2 Å². The molecule has 8 heteroatoms. The molecular formula is C21H20N4O4. The molecule has 6 rings (SSSR count). The van der Waals surface area contributed by atoms with Crippen LogP contribution in [0, 0.1) is 0 Å². The SMILES string of the molecule is O=C1N2[C@@H](CC[C@H]2c2cnccn2)OC12CC(OCc1ccc3oncc3c1)C2. The highest BCUT2D eigenvalue weighted by atomic mass is 16.6. The molecule has 2 aliphatic heterocycles. The normalized spacial score (nSPS) is 30.8. The second-order valence-corrected chi connectivity index (χ2v) is 8.04. The Bertz CT molecular complexity index is 1060. The molecule has 2 atom stereocenters. The zero-order valence-electron chi connectivity index (χ0n) is 15.7. The minimum absolute atomic E-state index is 0.0205. The van der Waals surface area contributed by atoms with Crippen LogP contribution in [-0.4, -0.2) is 43.9 Å². The summed E-state index contributed by atoms with van der Waals surface area (Å²) in [6.45, 7) is 0.491. The first-order valence-corrected chi connectivity index (χ1v) is 9.93. The van der Waals surface area contributed by atoms with Crippen molar-refractivity contribution in [3.63, 3.8) is 0 Å². The van der Waals surface area contributed by atoms with Crippen molar-refractivity contribution in [1.29, 1.82) is 0 Å². The predicted octanol–water partition coefficient (Wildman–Crippen LogP) is 2.76. The summed E-state index contributed by atoms with van der Waals surface area (Å²) in [5, 5.41) is 4.75. The number of hydrogen-bond acceptors (Lipinski definition) is 7. The maximum atomic E-state index is 13.2. The van der Waals surface area contributed by atoms with E-state index in [1.165, 1.54) is 0 Å². The molecule has 0 unspecified atom stereocenters. The lowest BCUT2D eigenvalue weighted by Gasteiger charge is -2.42. The Hall–Kier alpha value is -2.84. The van der Waals surface area contributed by atoms with Crippen molar-refractivity contribution in [2.45, 2.75) is 56.3 Å². The first-order valence-electron chi connectivity index (χ1n) is 9.93. The summed E-state index contributed by atoms with van der Waals surface area (Å²) in [5.74, 6) is 0.0707. The molecule has 1 aliphatic carbocycles. The maximum absolute atomic E-state index is 13.2. The number of rotatable bonds is 4. The molecule has 0 N–H and O–H groups in total. The summed E-state index contributed by atoms with van der Waals surface area (Å²) in [6, 6.07) is 5.84. The lowest BCUT2D eigenvalue weighted by Crippen LogP contribution is -2.54. The van der Waals surface area contributed by atoms with E-state index in [1.54, 1.807) is 24.8 Å². The van der Waals surface area contributed by atoms with Gasteiger partial charge in [-0.1, -0.05) is 11.2 Å². The molecule has 0 radical (unpaired) electrons. The van der Waals surface area contributed by atoms with E-state index in [-0.39, 0.29) is 24.3 Å². The molecule has 2 aromatic heterocycles. The summed E-state index contributed by atoms with van der Waals surface area (Å²) in [7, 11) is 0. The second kappa shape index (κ2) is 6.33. The van der Waals surface area contributed by atoms with Gasteiger partial charge in [-0.25, -0.2) is 0 Å². The zero-order chi connectivity index (χ0) is 19.4. The van der Waals surface area contributed by atoms with Crippen LogP contribution in [0.15, 0.2) is 47.5 Å². The van der Waals surface area contributed by atoms with E-state index in [0.29, 0.717) is 19.4 Å². The number of aromatic nitrogens is 3. The number of benzene rings is 1. The summed E-state index contributed by atoms with van der Waals surface area (Å²) in [6.07, 6.45) is 9.50. The highest BCUT2D eigenvalue weighted by molar-refractivity contribution is 5.89. The maximum Gasteiger partial charge on any atom is 0.257 e. The van der Waals surface area contributed by atoms with Gasteiger partial charge in [-0.3, -0.25) is 14.8 Å². The van der Waals surface area contributed by atoms with Crippen LogP contribution in [0.5, 0.6) is 0 Å². The summed E-state index contributed by atoms with van der Waals surface area (Å²) < 4.78 is 17.4. The van der Waals surface area contributed by atoms with Crippen molar-refractivity contribution >= 4 is 16.9 Å². The monoisotopic (exact) mass is 392 g/mol. The number of ether oxygens (including phenoxy) is 2. The van der Waals surface area contributed by atoms with Gasteiger partial charge < -0.3 is 18.9 Å². The molecule has 3 aromatic rings. The lowest BCUT2D eigenvalue weighted by molar-refractivity contribution is -0.177. The Morgan fingerprint density at radius 2 is 2.14 bits per heavy atom. The number of amides is 1. The van der Waals surface area contributed by atoms with Gasteiger partial charge >= 0.3 is 0 Å². The van der Waals surface area contributed by atoms with Crippen molar-refractivity contribution in [2.75, 3.05) is 0 Å². The third-order valence-electron chi connectivity index (χ3n) is 6.26. The van der Waals surface area contributed by atoms with Gasteiger partial charge in [-0.05, 0) is 30.5 Å². The van der Waals surface area contributed by atoms with E-state index in [9.17, 15) is 4.79 Å². The minimum Gasteiger partial charge on any atom is -0.373 e. The lowest BCUT2D eigenvalue weighted by atomic mass is 9.76. The Kier molecular flexibility index (Phi) is 3.72. The van der Waals surface area contributed by atoms with E-state index < -0.39 is 5.60 Å². The first kappa shape index (κ1) is 17.1. The molecule has 4 heterocycles. The molecule has 0 bridgehead atoms. The molecule has 3 fully saturated rings. The molecule has 1 saturated carbocycles. The van der Waals surface area contributed by atoms with Crippen LogP contribution in [0.25, 0.3) is 11.0 Å². The number of hydrogen-bond donors (Lipinski definition) is 0. The topological polar surface area (TPSA) is 90.6 Å². The van der Waals surface area contributed by atoms with Gasteiger partial charge in [-0.15, -0.1) is 0 Å². The predicted molar refractivity (Wildman–Crippen MR) is 100 cm³/mol. The first-order chi connectivity index (χ1) is 14.2. The highest BCUT2D eigenvalue weighted by Crippen LogP contribution is 2.51. The van der Waals surface area contributed by atoms with E-state index in [2.05, 4.69) is 15.1 Å². The smallest absolute Gasteiger partial charge is 0.257 e. The average Bonchev–Trinajstić information content (AvgIpc) is 3.41. The van der Waals surface area contributed by atoms with Crippen molar-refractivity contribution in [3.8, 4) is 0 Å². The van der Waals surface area contributed by atoms with Gasteiger partial charge in [0.05, 0.1) is 36.8 Å². The number of carbonyl (C=O) groups excluding carboxylic acids is 1. The highest BCUT2D eigenvalue weighted by Gasteiger charge is 2.63. The fraction of sp³-hybridized carbons (Fsp3) is 0.429. The molecule has 1 aromatic carbocycles. The third kappa shape index (κ3) is 2.67. The minimum atomic E-state index is -0.728. The molecule has 29 heavy (non-hydrogen) atoms. The van der Waals surface area contributed by atoms with E-state index in [1.807, 2.05) is 23.1 Å². The van der Waals surface area contributed by atoms with E-state index in [4.69, 9.17) is 14.0 Å². The Labute approximate surface area is 166 Å². The zero-order valence-corrected chi connectivity index (χ0v) is 15.7. The van der Waals surface area contributed by atoms with Crippen molar-refractivity contribution in [3.05, 3.63) is 54.2 Å². The third-order valence-corrected chi connectivity index (χ3v) is 6.26. The largest absolute Gasteiger partial charge is 0.373 e. The summed E-state index contributed by atoms with van der Waals surface area (Å²) >= 11 is 0. The van der Waals surface area contributed by atoms with Crippen LogP contribution in [-0.2, 0) is 20.9 Å². The molecule has 2 saturated heterocycles. The molecule has 3 aliphatic rings.